The fourth-order valence-electron chi connectivity index (χ4n) is 4.58. The van der Waals surface area contributed by atoms with Gasteiger partial charge in [0, 0.05) is 37.1 Å². The molecule has 0 N–H and O–H groups in total. The zero-order valence-corrected chi connectivity index (χ0v) is 20.5. The molecular formula is C28H24ClN5O2. The lowest BCUT2D eigenvalue weighted by Crippen LogP contribution is -2.47. The van der Waals surface area contributed by atoms with Gasteiger partial charge in [0.1, 0.15) is 11.6 Å². The fraction of sp³-hybridized carbons (Fsp3) is 0.179. The normalized spacial score (nSPS) is 13.8. The number of piperazine rings is 1. The molecule has 1 fully saturated rings. The summed E-state index contributed by atoms with van der Waals surface area (Å²) in [5.74, 6) is 2.67. The van der Waals surface area contributed by atoms with Gasteiger partial charge in [0.15, 0.2) is 0 Å². The summed E-state index contributed by atoms with van der Waals surface area (Å²) in [6, 6.07) is 25.7. The smallest absolute Gasteiger partial charge is 0.259 e. The molecule has 0 radical (unpaired) electrons. The number of anilines is 2. The molecule has 0 saturated carbocycles. The summed E-state index contributed by atoms with van der Waals surface area (Å²) in [4.78, 5) is 14.3. The Morgan fingerprint density at radius 3 is 2.33 bits per heavy atom. The van der Waals surface area contributed by atoms with Crippen LogP contribution in [-0.2, 0) is 0 Å². The number of halogens is 1. The molecule has 7 nitrogen and oxygen atoms in total. The van der Waals surface area contributed by atoms with E-state index in [-0.39, 0.29) is 0 Å². The van der Waals surface area contributed by atoms with E-state index in [1.807, 2.05) is 66.7 Å². The van der Waals surface area contributed by atoms with Gasteiger partial charge in [0.2, 0.25) is 5.82 Å². The lowest BCUT2D eigenvalue weighted by Gasteiger charge is -2.37. The molecule has 0 bridgehead atoms. The van der Waals surface area contributed by atoms with Gasteiger partial charge < -0.3 is 19.1 Å². The number of hydrogen-bond donors (Lipinski definition) is 0. The molecule has 1 aliphatic rings. The monoisotopic (exact) mass is 497 g/mol. The highest BCUT2D eigenvalue weighted by Gasteiger charge is 2.22. The van der Waals surface area contributed by atoms with Crippen molar-refractivity contribution in [3.8, 4) is 28.6 Å². The second-order valence-corrected chi connectivity index (χ2v) is 9.03. The molecule has 0 unspecified atom stereocenters. The predicted molar refractivity (Wildman–Crippen MR) is 143 cm³/mol. The van der Waals surface area contributed by atoms with Gasteiger partial charge in [0.25, 0.3) is 5.89 Å². The van der Waals surface area contributed by atoms with Crippen molar-refractivity contribution in [2.45, 2.75) is 0 Å². The largest absolute Gasteiger partial charge is 0.497 e. The number of pyridine rings is 1. The molecule has 0 spiro atoms. The molecule has 3 aromatic carbocycles. The Hall–Kier alpha value is -4.10. The van der Waals surface area contributed by atoms with Crippen LogP contribution in [0.3, 0.4) is 0 Å². The van der Waals surface area contributed by atoms with Crippen molar-refractivity contribution in [3.63, 3.8) is 0 Å². The average Bonchev–Trinajstić information content (AvgIpc) is 3.43. The predicted octanol–water partition coefficient (Wildman–Crippen LogP) is 5.94. The molecule has 6 rings (SSSR count). The number of methoxy groups -OCH3 is 1. The number of rotatable bonds is 5. The quantitative estimate of drug-likeness (QED) is 0.297. The Labute approximate surface area is 213 Å². The Bertz CT molecular complexity index is 1510. The second-order valence-electron chi connectivity index (χ2n) is 8.62. The van der Waals surface area contributed by atoms with Gasteiger partial charge in [0.05, 0.1) is 28.9 Å². The number of aromatic nitrogens is 3. The maximum Gasteiger partial charge on any atom is 0.259 e. The van der Waals surface area contributed by atoms with Crippen LogP contribution in [0, 0.1) is 0 Å². The highest BCUT2D eigenvalue weighted by molar-refractivity contribution is 6.33. The summed E-state index contributed by atoms with van der Waals surface area (Å²) in [5.41, 5.74) is 3.70. The standard InChI is InChI=1S/C28H24ClN5O2/c1-35-20-12-10-19(11-13-20)27-31-28(36-32-27)22-18-26(30-24-8-4-2-6-21(22)24)34-16-14-33(15-17-34)25-9-5-3-7-23(25)29/h2-13,18H,14-17H2,1H3. The van der Waals surface area contributed by atoms with E-state index in [1.165, 1.54) is 0 Å². The number of hydrogen-bond acceptors (Lipinski definition) is 7. The Morgan fingerprint density at radius 2 is 1.56 bits per heavy atom. The Kier molecular flexibility index (Phi) is 5.91. The molecule has 0 aliphatic carbocycles. The van der Waals surface area contributed by atoms with Crippen LogP contribution in [-0.4, -0.2) is 48.4 Å². The van der Waals surface area contributed by atoms with Gasteiger partial charge in [-0.05, 0) is 48.5 Å². The summed E-state index contributed by atoms with van der Waals surface area (Å²) >= 11 is 6.43. The minimum Gasteiger partial charge on any atom is -0.497 e. The maximum absolute atomic E-state index is 6.43. The molecular weight excluding hydrogens is 474 g/mol. The first-order chi connectivity index (χ1) is 17.7. The van der Waals surface area contributed by atoms with Crippen LogP contribution in [0.4, 0.5) is 11.5 Å². The third-order valence-corrected chi connectivity index (χ3v) is 6.82. The molecule has 1 aliphatic heterocycles. The van der Waals surface area contributed by atoms with E-state index in [0.29, 0.717) is 11.7 Å². The highest BCUT2D eigenvalue weighted by Crippen LogP contribution is 2.33. The first-order valence-electron chi connectivity index (χ1n) is 11.8. The van der Waals surface area contributed by atoms with Crippen molar-refractivity contribution in [2.75, 3.05) is 43.1 Å². The van der Waals surface area contributed by atoms with E-state index < -0.39 is 0 Å². The van der Waals surface area contributed by atoms with E-state index >= 15 is 0 Å². The van der Waals surface area contributed by atoms with E-state index in [9.17, 15) is 0 Å². The van der Waals surface area contributed by atoms with Crippen LogP contribution in [0.15, 0.2) is 83.4 Å². The average molecular weight is 498 g/mol. The molecule has 3 heterocycles. The van der Waals surface area contributed by atoms with Gasteiger partial charge >= 0.3 is 0 Å². The van der Waals surface area contributed by atoms with Crippen molar-refractivity contribution < 1.29 is 9.26 Å². The summed E-state index contributed by atoms with van der Waals surface area (Å²) in [6.07, 6.45) is 0. The van der Waals surface area contributed by atoms with Crippen LogP contribution in [0.1, 0.15) is 0 Å². The van der Waals surface area contributed by atoms with E-state index in [2.05, 4.69) is 27.1 Å². The Balaban J connectivity index is 1.31. The molecule has 8 heteroatoms. The van der Waals surface area contributed by atoms with Gasteiger partial charge in [-0.1, -0.05) is 47.1 Å². The highest BCUT2D eigenvalue weighted by atomic mass is 35.5. The topological polar surface area (TPSA) is 67.5 Å². The number of ether oxygens (including phenoxy) is 1. The van der Waals surface area contributed by atoms with Gasteiger partial charge in [-0.15, -0.1) is 0 Å². The minimum absolute atomic E-state index is 0.468. The lowest BCUT2D eigenvalue weighted by molar-refractivity contribution is 0.415. The van der Waals surface area contributed by atoms with E-state index in [0.717, 1.165) is 70.5 Å². The van der Waals surface area contributed by atoms with Crippen molar-refractivity contribution in [1.82, 2.24) is 15.1 Å². The minimum atomic E-state index is 0.468. The zero-order valence-electron chi connectivity index (χ0n) is 19.8. The van der Waals surface area contributed by atoms with Crippen LogP contribution in [0.5, 0.6) is 5.75 Å². The molecule has 180 valence electrons. The van der Waals surface area contributed by atoms with Crippen molar-refractivity contribution >= 4 is 34.0 Å². The summed E-state index contributed by atoms with van der Waals surface area (Å²) in [7, 11) is 1.64. The second kappa shape index (κ2) is 9.51. The molecule has 36 heavy (non-hydrogen) atoms. The van der Waals surface area contributed by atoms with Crippen LogP contribution in [0.25, 0.3) is 33.7 Å². The first-order valence-corrected chi connectivity index (χ1v) is 12.2. The number of benzene rings is 3. The molecule has 2 aromatic heterocycles. The molecule has 0 amide bonds. The SMILES string of the molecule is COc1ccc(-c2noc(-c3cc(N4CCN(c5ccccc5Cl)CC4)nc4ccccc34)n2)cc1. The third kappa shape index (κ3) is 4.22. The summed E-state index contributed by atoms with van der Waals surface area (Å²) < 4.78 is 11.0. The van der Waals surface area contributed by atoms with Crippen molar-refractivity contribution in [2.24, 2.45) is 0 Å². The van der Waals surface area contributed by atoms with Crippen LogP contribution in [0.2, 0.25) is 5.02 Å². The maximum atomic E-state index is 6.43. The molecule has 5 aromatic rings. The van der Waals surface area contributed by atoms with Crippen molar-refractivity contribution in [3.05, 3.63) is 83.9 Å². The molecule has 0 atom stereocenters. The van der Waals surface area contributed by atoms with Crippen LogP contribution < -0.4 is 14.5 Å². The van der Waals surface area contributed by atoms with Gasteiger partial charge in [-0.2, -0.15) is 4.98 Å². The van der Waals surface area contributed by atoms with E-state index in [4.69, 9.17) is 30.8 Å². The summed E-state index contributed by atoms with van der Waals surface area (Å²) in [5, 5.41) is 5.99. The van der Waals surface area contributed by atoms with Crippen molar-refractivity contribution in [1.29, 1.82) is 0 Å². The lowest BCUT2D eigenvalue weighted by atomic mass is 10.1. The third-order valence-electron chi connectivity index (χ3n) is 6.50. The zero-order chi connectivity index (χ0) is 24.5. The van der Waals surface area contributed by atoms with E-state index in [1.54, 1.807) is 7.11 Å². The van der Waals surface area contributed by atoms with Gasteiger partial charge in [-0.3, -0.25) is 0 Å². The Morgan fingerprint density at radius 1 is 0.833 bits per heavy atom. The first kappa shape index (κ1) is 22.4. The fourth-order valence-corrected chi connectivity index (χ4v) is 4.83. The number of para-hydroxylation sites is 2. The van der Waals surface area contributed by atoms with Gasteiger partial charge in [-0.25, -0.2) is 4.98 Å². The number of fused-ring (bicyclic) bond motifs is 1. The number of nitrogens with zero attached hydrogens (tertiary/aromatic N) is 5. The summed E-state index contributed by atoms with van der Waals surface area (Å²) in [6.45, 7) is 3.37. The molecule has 1 saturated heterocycles. The van der Waals surface area contributed by atoms with Crippen LogP contribution >= 0.6 is 11.6 Å².